The van der Waals surface area contributed by atoms with Crippen LogP contribution in [0.2, 0.25) is 0 Å². The third-order valence-electron chi connectivity index (χ3n) is 4.34. The summed E-state index contributed by atoms with van der Waals surface area (Å²) in [6, 6.07) is 5.46. The Kier molecular flexibility index (Phi) is 6.16. The predicted molar refractivity (Wildman–Crippen MR) is 96.0 cm³/mol. The first-order chi connectivity index (χ1) is 12.6. The summed E-state index contributed by atoms with van der Waals surface area (Å²) in [6.07, 6.45) is 3.56. The highest BCUT2D eigenvalue weighted by atomic mass is 32.2. The van der Waals surface area contributed by atoms with Gasteiger partial charge in [-0.25, -0.2) is 9.97 Å². The maximum Gasteiger partial charge on any atom is 0.190 e. The SMILES string of the molecule is COCc1cc(N2CCCC[C@@H]2C)nc(SCc2ccc(C(=O)[O-])o2)n1. The molecular formula is C18H22N3O4S-. The molecule has 2 aromatic heterocycles. The molecule has 0 N–H and O–H groups in total. The minimum atomic E-state index is -1.32. The zero-order valence-electron chi connectivity index (χ0n) is 14.9. The summed E-state index contributed by atoms with van der Waals surface area (Å²) in [5.74, 6) is 0.413. The average Bonchev–Trinajstić information content (AvgIpc) is 3.10. The van der Waals surface area contributed by atoms with Gasteiger partial charge in [0.05, 0.1) is 18.1 Å². The minimum Gasteiger partial charge on any atom is -0.542 e. The highest BCUT2D eigenvalue weighted by Gasteiger charge is 2.21. The largest absolute Gasteiger partial charge is 0.542 e. The van der Waals surface area contributed by atoms with Crippen LogP contribution in [0.5, 0.6) is 0 Å². The Morgan fingerprint density at radius 3 is 2.96 bits per heavy atom. The molecule has 1 aliphatic rings. The van der Waals surface area contributed by atoms with Crippen molar-refractivity contribution in [2.45, 2.75) is 49.7 Å². The molecule has 3 rings (SSSR count). The van der Waals surface area contributed by atoms with Crippen molar-refractivity contribution in [2.24, 2.45) is 0 Å². The normalized spacial score (nSPS) is 17.5. The number of nitrogens with zero attached hydrogens (tertiary/aromatic N) is 3. The lowest BCUT2D eigenvalue weighted by atomic mass is 10.0. The Balaban J connectivity index is 1.77. The summed E-state index contributed by atoms with van der Waals surface area (Å²) in [4.78, 5) is 22.3. The van der Waals surface area contributed by atoms with Crippen molar-refractivity contribution in [1.82, 2.24) is 9.97 Å². The van der Waals surface area contributed by atoms with E-state index in [0.29, 0.717) is 29.3 Å². The smallest absolute Gasteiger partial charge is 0.190 e. The van der Waals surface area contributed by atoms with E-state index in [2.05, 4.69) is 16.8 Å². The van der Waals surface area contributed by atoms with E-state index in [9.17, 15) is 9.90 Å². The first kappa shape index (κ1) is 18.7. The number of carbonyl (C=O) groups is 1. The molecule has 0 aliphatic carbocycles. The molecule has 2 aromatic rings. The van der Waals surface area contributed by atoms with Gasteiger partial charge in [-0.3, -0.25) is 0 Å². The van der Waals surface area contributed by atoms with Gasteiger partial charge in [0, 0.05) is 25.8 Å². The van der Waals surface area contributed by atoms with Crippen LogP contribution >= 0.6 is 11.8 Å². The molecule has 7 nitrogen and oxygen atoms in total. The van der Waals surface area contributed by atoms with Crippen LogP contribution in [0.4, 0.5) is 5.82 Å². The van der Waals surface area contributed by atoms with Gasteiger partial charge in [-0.15, -0.1) is 0 Å². The number of carboxylic acid groups (broad SMARTS) is 1. The van der Waals surface area contributed by atoms with Crippen LogP contribution in [-0.4, -0.2) is 35.6 Å². The molecule has 0 saturated carbocycles. The monoisotopic (exact) mass is 376 g/mol. The van der Waals surface area contributed by atoms with E-state index in [1.165, 1.54) is 24.2 Å². The molecule has 0 bridgehead atoms. The Hall–Kier alpha value is -2.06. The summed E-state index contributed by atoms with van der Waals surface area (Å²) in [5.41, 5.74) is 0.827. The van der Waals surface area contributed by atoms with E-state index in [4.69, 9.17) is 14.1 Å². The van der Waals surface area contributed by atoms with E-state index >= 15 is 0 Å². The molecule has 0 radical (unpaired) electrons. The number of aromatic nitrogens is 2. The molecule has 140 valence electrons. The van der Waals surface area contributed by atoms with Crippen LogP contribution in [0, 0.1) is 0 Å². The zero-order valence-corrected chi connectivity index (χ0v) is 15.8. The fourth-order valence-corrected chi connectivity index (χ4v) is 3.80. The van der Waals surface area contributed by atoms with E-state index in [1.54, 1.807) is 13.2 Å². The van der Waals surface area contributed by atoms with Crippen molar-refractivity contribution in [1.29, 1.82) is 0 Å². The van der Waals surface area contributed by atoms with Gasteiger partial charge < -0.3 is 24.0 Å². The number of carboxylic acids is 1. The fraction of sp³-hybridized carbons (Fsp3) is 0.500. The molecule has 1 atom stereocenters. The highest BCUT2D eigenvalue weighted by Crippen LogP contribution is 2.27. The Morgan fingerprint density at radius 1 is 1.42 bits per heavy atom. The maximum absolute atomic E-state index is 10.8. The molecule has 0 aromatic carbocycles. The topological polar surface area (TPSA) is 91.5 Å². The van der Waals surface area contributed by atoms with Crippen LogP contribution in [0.25, 0.3) is 0 Å². The number of hydrogen-bond acceptors (Lipinski definition) is 8. The van der Waals surface area contributed by atoms with Gasteiger partial charge in [-0.2, -0.15) is 0 Å². The number of thioether (sulfide) groups is 1. The van der Waals surface area contributed by atoms with Gasteiger partial charge in [-0.05, 0) is 38.3 Å². The zero-order chi connectivity index (χ0) is 18.5. The summed E-state index contributed by atoms with van der Waals surface area (Å²) < 4.78 is 10.5. The van der Waals surface area contributed by atoms with Crippen LogP contribution in [-0.2, 0) is 17.1 Å². The number of rotatable bonds is 7. The summed E-state index contributed by atoms with van der Waals surface area (Å²) >= 11 is 1.41. The second-order valence-electron chi connectivity index (χ2n) is 6.31. The lowest BCUT2D eigenvalue weighted by Gasteiger charge is -2.34. The first-order valence-corrected chi connectivity index (χ1v) is 9.62. The third-order valence-corrected chi connectivity index (χ3v) is 5.21. The lowest BCUT2D eigenvalue weighted by Crippen LogP contribution is -2.38. The lowest BCUT2D eigenvalue weighted by molar-refractivity contribution is -0.257. The predicted octanol–water partition coefficient (Wildman–Crippen LogP) is 2.25. The second kappa shape index (κ2) is 8.55. The number of carbonyl (C=O) groups excluding carboxylic acids is 1. The molecule has 3 heterocycles. The summed E-state index contributed by atoms with van der Waals surface area (Å²) in [7, 11) is 1.64. The average molecular weight is 376 g/mol. The molecule has 1 aliphatic heterocycles. The van der Waals surface area contributed by atoms with Crippen LogP contribution in [0.15, 0.2) is 27.8 Å². The molecule has 0 amide bonds. The molecule has 0 spiro atoms. The van der Waals surface area contributed by atoms with Gasteiger partial charge in [0.2, 0.25) is 0 Å². The highest BCUT2D eigenvalue weighted by molar-refractivity contribution is 7.98. The van der Waals surface area contributed by atoms with Gasteiger partial charge in [0.15, 0.2) is 5.16 Å². The number of anilines is 1. The van der Waals surface area contributed by atoms with Crippen LogP contribution in [0.3, 0.4) is 0 Å². The number of ether oxygens (including phenoxy) is 1. The maximum atomic E-state index is 10.8. The second-order valence-corrected chi connectivity index (χ2v) is 7.26. The van der Waals surface area contributed by atoms with Crippen molar-refractivity contribution in [2.75, 3.05) is 18.6 Å². The van der Waals surface area contributed by atoms with Gasteiger partial charge in [0.25, 0.3) is 0 Å². The fourth-order valence-electron chi connectivity index (χ4n) is 3.03. The molecule has 26 heavy (non-hydrogen) atoms. The van der Waals surface area contributed by atoms with Crippen molar-refractivity contribution in [3.8, 4) is 0 Å². The molecule has 1 fully saturated rings. The van der Waals surface area contributed by atoms with Crippen molar-refractivity contribution in [3.63, 3.8) is 0 Å². The van der Waals surface area contributed by atoms with Crippen molar-refractivity contribution >= 4 is 23.5 Å². The van der Waals surface area contributed by atoms with Crippen LogP contribution in [0.1, 0.15) is 48.2 Å². The van der Waals surface area contributed by atoms with E-state index in [1.807, 2.05) is 6.07 Å². The van der Waals surface area contributed by atoms with E-state index < -0.39 is 5.97 Å². The quantitative estimate of drug-likeness (QED) is 0.537. The van der Waals surface area contributed by atoms with Crippen molar-refractivity contribution < 1.29 is 19.1 Å². The standard InChI is InChI=1S/C18H23N3O4S/c1-12-5-3-4-8-21(12)16-9-13(10-24-2)19-18(20-16)26-11-14-6-7-15(25-14)17(22)23/h6-7,9,12H,3-5,8,10-11H2,1-2H3,(H,22,23)/p-1/t12-/m0/s1. The number of aromatic carboxylic acids is 1. The first-order valence-electron chi connectivity index (χ1n) is 8.63. The minimum absolute atomic E-state index is 0.169. The third kappa shape index (κ3) is 4.56. The van der Waals surface area contributed by atoms with E-state index in [-0.39, 0.29) is 5.76 Å². The number of furan rings is 1. The van der Waals surface area contributed by atoms with Gasteiger partial charge in [0.1, 0.15) is 23.3 Å². The summed E-state index contributed by atoms with van der Waals surface area (Å²) in [5, 5.41) is 11.4. The summed E-state index contributed by atoms with van der Waals surface area (Å²) in [6.45, 7) is 3.62. The van der Waals surface area contributed by atoms with Gasteiger partial charge in [-0.1, -0.05) is 11.8 Å². The number of methoxy groups -OCH3 is 1. The van der Waals surface area contributed by atoms with E-state index in [0.717, 1.165) is 30.9 Å². The Bertz CT molecular complexity index is 765. The molecule has 8 heteroatoms. The Morgan fingerprint density at radius 2 is 2.27 bits per heavy atom. The van der Waals surface area contributed by atoms with Crippen LogP contribution < -0.4 is 10.0 Å². The molecule has 1 saturated heterocycles. The van der Waals surface area contributed by atoms with Crippen molar-refractivity contribution in [3.05, 3.63) is 35.4 Å². The molecular weight excluding hydrogens is 354 g/mol. The number of piperidine rings is 1. The molecule has 0 unspecified atom stereocenters. The Labute approximate surface area is 156 Å². The van der Waals surface area contributed by atoms with Gasteiger partial charge >= 0.3 is 0 Å². The number of hydrogen-bond donors (Lipinski definition) is 0.